The minimum Gasteiger partial charge on any atom is -0.490 e. The van der Waals surface area contributed by atoms with E-state index in [0.29, 0.717) is 41.9 Å². The van der Waals surface area contributed by atoms with Gasteiger partial charge in [0.25, 0.3) is 5.91 Å². The molecule has 3 saturated heterocycles. The van der Waals surface area contributed by atoms with Gasteiger partial charge in [0.15, 0.2) is 0 Å². The molecule has 3 aromatic rings. The molecule has 0 aliphatic carbocycles. The van der Waals surface area contributed by atoms with Crippen LogP contribution < -0.4 is 4.74 Å². The van der Waals surface area contributed by atoms with Gasteiger partial charge in [-0.1, -0.05) is 11.6 Å². The Bertz CT molecular complexity index is 1450. The second kappa shape index (κ2) is 10.4. The van der Waals surface area contributed by atoms with Crippen molar-refractivity contribution < 1.29 is 17.9 Å². The maximum Gasteiger partial charge on any atom is 0.270 e. The molecule has 1 N–H and O–H groups in total. The number of fused-ring (bicyclic) bond motifs is 3. The van der Waals surface area contributed by atoms with Gasteiger partial charge in [-0.2, -0.15) is 4.31 Å². The Balaban J connectivity index is 1.09. The molecule has 2 aromatic carbocycles. The Morgan fingerprint density at radius 3 is 2.28 bits per heavy atom. The van der Waals surface area contributed by atoms with Crippen molar-refractivity contribution in [2.45, 2.75) is 68.7 Å². The van der Waals surface area contributed by atoms with Gasteiger partial charge in [0.05, 0.1) is 4.90 Å². The topological polar surface area (TPSA) is 85.9 Å². The van der Waals surface area contributed by atoms with Crippen LogP contribution in [0.3, 0.4) is 0 Å². The van der Waals surface area contributed by atoms with Gasteiger partial charge in [-0.25, -0.2) is 8.42 Å². The average Bonchev–Trinajstić information content (AvgIpc) is 3.47. The van der Waals surface area contributed by atoms with Crippen molar-refractivity contribution >= 4 is 38.4 Å². The summed E-state index contributed by atoms with van der Waals surface area (Å²) in [4.78, 5) is 21.1. The number of amides is 1. The standard InChI is InChI=1S/C29H35ClN4O4S/c1-19(2)34-22-5-6-23(34)18-25(17-22)38-24-7-10-27-20(15-24)16-28(31-27)29(35)32-11-13-33(14-12-32)39(36,37)26-8-3-21(30)4-9-26/h3-4,7-10,15-16,19,22-23,25,31H,5-6,11-14,17-18H2,1-2H3. The summed E-state index contributed by atoms with van der Waals surface area (Å²) in [6.45, 7) is 5.71. The van der Waals surface area contributed by atoms with Gasteiger partial charge < -0.3 is 14.6 Å². The SMILES string of the molecule is CC(C)N1C2CCC1CC(Oc1ccc3[nH]c(C(=O)N4CCN(S(=O)(=O)c5ccc(Cl)cc5)CC4)cc3c1)C2. The second-order valence-corrected chi connectivity index (χ2v) is 13.6. The number of nitrogens with one attached hydrogen (secondary N) is 1. The smallest absolute Gasteiger partial charge is 0.270 e. The molecule has 39 heavy (non-hydrogen) atoms. The number of hydrogen-bond acceptors (Lipinski definition) is 5. The lowest BCUT2D eigenvalue weighted by Gasteiger charge is -2.41. The molecule has 0 saturated carbocycles. The van der Waals surface area contributed by atoms with Crippen LogP contribution in [-0.4, -0.2) is 83.8 Å². The Labute approximate surface area is 234 Å². The minimum absolute atomic E-state index is 0.130. The molecule has 2 bridgehead atoms. The second-order valence-electron chi connectivity index (χ2n) is 11.2. The van der Waals surface area contributed by atoms with Crippen molar-refractivity contribution in [2.75, 3.05) is 26.2 Å². The quantitative estimate of drug-likeness (QED) is 0.462. The van der Waals surface area contributed by atoms with Gasteiger partial charge in [0, 0.05) is 60.2 Å². The number of sulfonamides is 1. The monoisotopic (exact) mass is 570 g/mol. The van der Waals surface area contributed by atoms with Gasteiger partial charge in [0.1, 0.15) is 17.5 Å². The number of carbonyl (C=O) groups excluding carboxylic acids is 1. The van der Waals surface area contributed by atoms with Crippen molar-refractivity contribution in [1.29, 1.82) is 0 Å². The van der Waals surface area contributed by atoms with E-state index in [-0.39, 0.29) is 30.0 Å². The van der Waals surface area contributed by atoms with E-state index in [1.54, 1.807) is 17.0 Å². The van der Waals surface area contributed by atoms with Crippen LogP contribution in [-0.2, 0) is 10.0 Å². The number of carbonyl (C=O) groups is 1. The molecular formula is C29H35ClN4O4S. The summed E-state index contributed by atoms with van der Waals surface area (Å²) in [6.07, 6.45) is 4.85. The number of hydrogen-bond donors (Lipinski definition) is 1. The highest BCUT2D eigenvalue weighted by atomic mass is 35.5. The first-order valence-corrected chi connectivity index (χ1v) is 15.6. The highest BCUT2D eigenvalue weighted by molar-refractivity contribution is 7.89. The normalized spacial score (nSPS) is 24.5. The van der Waals surface area contributed by atoms with Crippen LogP contribution in [0.2, 0.25) is 5.02 Å². The van der Waals surface area contributed by atoms with Crippen molar-refractivity contribution in [3.63, 3.8) is 0 Å². The summed E-state index contributed by atoms with van der Waals surface area (Å²) < 4.78 is 33.8. The Hall–Kier alpha value is -2.59. The zero-order valence-electron chi connectivity index (χ0n) is 22.3. The molecule has 2 atom stereocenters. The fourth-order valence-corrected chi connectivity index (χ4v) is 8.20. The molecule has 0 radical (unpaired) electrons. The van der Waals surface area contributed by atoms with Gasteiger partial charge in [0.2, 0.25) is 10.0 Å². The molecule has 1 amide bonds. The van der Waals surface area contributed by atoms with Crippen molar-refractivity contribution in [3.05, 3.63) is 59.2 Å². The van der Waals surface area contributed by atoms with E-state index in [9.17, 15) is 13.2 Å². The Morgan fingerprint density at radius 1 is 0.974 bits per heavy atom. The van der Waals surface area contributed by atoms with Crippen LogP contribution in [0.1, 0.15) is 50.0 Å². The number of piperazine rings is 1. The maximum atomic E-state index is 13.3. The first-order valence-electron chi connectivity index (χ1n) is 13.8. The third kappa shape index (κ3) is 5.17. The number of H-pyrrole nitrogens is 1. The number of nitrogens with zero attached hydrogens (tertiary/aromatic N) is 3. The summed E-state index contributed by atoms with van der Waals surface area (Å²) in [5.41, 5.74) is 1.38. The number of aromatic nitrogens is 1. The predicted molar refractivity (Wildman–Crippen MR) is 152 cm³/mol. The Morgan fingerprint density at radius 2 is 1.64 bits per heavy atom. The number of piperidine rings is 1. The van der Waals surface area contributed by atoms with E-state index in [4.69, 9.17) is 16.3 Å². The number of halogens is 1. The molecule has 3 aliphatic rings. The highest BCUT2D eigenvalue weighted by Gasteiger charge is 2.42. The van der Waals surface area contributed by atoms with Crippen molar-refractivity contribution in [1.82, 2.24) is 19.1 Å². The first-order chi connectivity index (χ1) is 18.7. The molecule has 10 heteroatoms. The minimum atomic E-state index is -3.63. The number of rotatable bonds is 6. The van der Waals surface area contributed by atoms with Crippen LogP contribution >= 0.6 is 11.6 Å². The first kappa shape index (κ1) is 26.6. The van der Waals surface area contributed by atoms with Crippen molar-refractivity contribution in [2.24, 2.45) is 0 Å². The lowest BCUT2D eigenvalue weighted by molar-refractivity contribution is 0.0308. The number of benzene rings is 2. The largest absolute Gasteiger partial charge is 0.490 e. The van der Waals surface area contributed by atoms with E-state index < -0.39 is 10.0 Å². The van der Waals surface area contributed by atoms with E-state index in [1.807, 2.05) is 24.3 Å². The molecule has 6 rings (SSSR count). The highest BCUT2D eigenvalue weighted by Crippen LogP contribution is 2.39. The molecule has 4 heterocycles. The lowest BCUT2D eigenvalue weighted by Crippen LogP contribution is -2.50. The zero-order chi connectivity index (χ0) is 27.3. The molecule has 1 aromatic heterocycles. The fraction of sp³-hybridized carbons (Fsp3) is 0.483. The predicted octanol–water partition coefficient (Wildman–Crippen LogP) is 4.75. The molecule has 8 nitrogen and oxygen atoms in total. The molecule has 0 spiro atoms. The van der Waals surface area contributed by atoms with Gasteiger partial charge >= 0.3 is 0 Å². The van der Waals surface area contributed by atoms with Crippen LogP contribution in [0, 0.1) is 0 Å². The van der Waals surface area contributed by atoms with Crippen LogP contribution in [0.15, 0.2) is 53.4 Å². The van der Waals surface area contributed by atoms with Gasteiger partial charge in [-0.3, -0.25) is 9.69 Å². The summed E-state index contributed by atoms with van der Waals surface area (Å²) in [5, 5.41) is 1.42. The molecule has 3 aliphatic heterocycles. The fourth-order valence-electron chi connectivity index (χ4n) is 6.65. The van der Waals surface area contributed by atoms with Gasteiger partial charge in [-0.05, 0) is 88.1 Å². The van der Waals surface area contributed by atoms with Crippen molar-refractivity contribution in [3.8, 4) is 5.75 Å². The summed E-state index contributed by atoms with van der Waals surface area (Å²) in [6, 6.07) is 15.8. The van der Waals surface area contributed by atoms with E-state index in [2.05, 4.69) is 23.7 Å². The van der Waals surface area contributed by atoms with Crippen LogP contribution in [0.5, 0.6) is 5.75 Å². The van der Waals surface area contributed by atoms with Crippen LogP contribution in [0.25, 0.3) is 10.9 Å². The average molecular weight is 571 g/mol. The zero-order valence-corrected chi connectivity index (χ0v) is 23.9. The molecule has 208 valence electrons. The van der Waals surface area contributed by atoms with E-state index >= 15 is 0 Å². The Kier molecular flexibility index (Phi) is 7.12. The van der Waals surface area contributed by atoms with E-state index in [0.717, 1.165) is 29.5 Å². The van der Waals surface area contributed by atoms with Crippen LogP contribution in [0.4, 0.5) is 0 Å². The summed E-state index contributed by atoms with van der Waals surface area (Å²) in [7, 11) is -3.63. The lowest BCUT2D eigenvalue weighted by atomic mass is 9.98. The third-order valence-corrected chi connectivity index (χ3v) is 10.6. The van der Waals surface area contributed by atoms with Gasteiger partial charge in [-0.15, -0.1) is 0 Å². The summed E-state index contributed by atoms with van der Waals surface area (Å²) in [5.74, 6) is 0.707. The number of aromatic amines is 1. The third-order valence-electron chi connectivity index (χ3n) is 8.45. The number of ether oxygens (including phenoxy) is 1. The molecule has 2 unspecified atom stereocenters. The van der Waals surface area contributed by atoms with E-state index in [1.165, 1.54) is 29.3 Å². The molecular weight excluding hydrogens is 536 g/mol. The maximum absolute atomic E-state index is 13.3. The summed E-state index contributed by atoms with van der Waals surface area (Å²) >= 11 is 5.90. The molecule has 3 fully saturated rings.